The van der Waals surface area contributed by atoms with Gasteiger partial charge in [-0.2, -0.15) is 0 Å². The van der Waals surface area contributed by atoms with E-state index in [1.165, 1.54) is 4.57 Å². The Morgan fingerprint density at radius 3 is 2.30 bits per heavy atom. The monoisotopic (exact) mass is 327 g/mol. The Kier molecular flexibility index (Phi) is 2.92. The van der Waals surface area contributed by atoms with Gasteiger partial charge in [0, 0.05) is 17.2 Å². The lowest BCUT2D eigenvalue weighted by Crippen LogP contribution is -2.09. The van der Waals surface area contributed by atoms with Crippen molar-refractivity contribution in [1.82, 2.24) is 14.8 Å². The molecule has 4 nitrogen and oxygen atoms in total. The van der Waals surface area contributed by atoms with E-state index in [0.29, 0.717) is 16.8 Å². The fourth-order valence-corrected chi connectivity index (χ4v) is 2.95. The fraction of sp³-hybridized carbons (Fsp3) is 0. The van der Waals surface area contributed by atoms with Crippen molar-refractivity contribution in [3.63, 3.8) is 0 Å². The number of hydrogen-bond donors (Lipinski definition) is 0. The molecule has 0 atom stereocenters. The van der Waals surface area contributed by atoms with Crippen LogP contribution in [0.25, 0.3) is 16.9 Å². The highest BCUT2D eigenvalue weighted by atomic mass is 32.1. The first-order chi connectivity index (χ1) is 11.1. The summed E-state index contributed by atoms with van der Waals surface area (Å²) in [7, 11) is 0. The number of rotatable bonds is 1. The first-order valence-electron chi connectivity index (χ1n) is 6.66. The highest BCUT2D eigenvalue weighted by Gasteiger charge is 2.31. The first kappa shape index (κ1) is 13.8. The van der Waals surface area contributed by atoms with E-state index in [-0.39, 0.29) is 21.9 Å². The number of hydrogen-bond acceptors (Lipinski definition) is 4. The zero-order valence-corrected chi connectivity index (χ0v) is 12.3. The third kappa shape index (κ3) is 2.01. The lowest BCUT2D eigenvalue weighted by atomic mass is 10.1. The number of benzene rings is 2. The molecule has 1 aromatic heterocycles. The molecule has 7 heteroatoms. The maximum atomic E-state index is 13.6. The zero-order valence-electron chi connectivity index (χ0n) is 11.5. The minimum atomic E-state index is -0.745. The molecule has 3 aromatic rings. The van der Waals surface area contributed by atoms with E-state index >= 15 is 0 Å². The second-order valence-corrected chi connectivity index (χ2v) is 5.38. The molecule has 23 heavy (non-hydrogen) atoms. The van der Waals surface area contributed by atoms with Crippen LogP contribution in [0.5, 0.6) is 0 Å². The summed E-state index contributed by atoms with van der Waals surface area (Å²) < 4.78 is 28.5. The van der Waals surface area contributed by atoms with Gasteiger partial charge in [0.1, 0.15) is 11.6 Å². The van der Waals surface area contributed by atoms with Gasteiger partial charge in [-0.15, -0.1) is 10.2 Å². The number of ketones is 1. The molecule has 4 rings (SSSR count). The topological polar surface area (TPSA) is 47.8 Å². The number of fused-ring (bicyclic) bond motifs is 3. The maximum Gasteiger partial charge on any atom is 0.225 e. The third-order valence-electron chi connectivity index (χ3n) is 3.62. The molecule has 2 aromatic carbocycles. The van der Waals surface area contributed by atoms with Gasteiger partial charge in [0.05, 0.1) is 11.4 Å². The van der Waals surface area contributed by atoms with Gasteiger partial charge in [0.25, 0.3) is 0 Å². The van der Waals surface area contributed by atoms with Crippen LogP contribution in [0.15, 0.2) is 42.5 Å². The van der Waals surface area contributed by atoms with Crippen molar-refractivity contribution in [1.29, 1.82) is 0 Å². The largest absolute Gasteiger partial charge is 0.287 e. The average molecular weight is 327 g/mol. The van der Waals surface area contributed by atoms with Crippen LogP contribution in [0.1, 0.15) is 16.1 Å². The number of carbonyl (C=O) groups excluding carboxylic acids is 1. The minimum Gasteiger partial charge on any atom is -0.287 e. The van der Waals surface area contributed by atoms with Crippen LogP contribution in [-0.4, -0.2) is 20.5 Å². The molecule has 0 radical (unpaired) electrons. The molecule has 0 amide bonds. The average Bonchev–Trinajstić information content (AvgIpc) is 2.80. The third-order valence-corrected chi connectivity index (χ3v) is 3.89. The molecule has 1 heterocycles. The van der Waals surface area contributed by atoms with Gasteiger partial charge >= 0.3 is 0 Å². The van der Waals surface area contributed by atoms with Crippen LogP contribution in [0.2, 0.25) is 0 Å². The zero-order chi connectivity index (χ0) is 16.1. The van der Waals surface area contributed by atoms with Crippen molar-refractivity contribution in [3.8, 4) is 16.9 Å². The Morgan fingerprint density at radius 2 is 1.61 bits per heavy atom. The molecular formula is C16H7F2N3OS. The SMILES string of the molecule is O=C1c2ccccc2-c2c1nnc(=S)n2-c1cc(F)cc(F)c1. The van der Waals surface area contributed by atoms with E-state index in [1.807, 2.05) is 0 Å². The van der Waals surface area contributed by atoms with Gasteiger partial charge < -0.3 is 0 Å². The lowest BCUT2D eigenvalue weighted by Gasteiger charge is -2.12. The van der Waals surface area contributed by atoms with E-state index in [1.54, 1.807) is 24.3 Å². The molecule has 0 fully saturated rings. The summed E-state index contributed by atoms with van der Waals surface area (Å²) in [4.78, 5) is 12.4. The molecule has 1 aliphatic rings. The van der Waals surface area contributed by atoms with Gasteiger partial charge in [-0.05, 0) is 24.4 Å². The summed E-state index contributed by atoms with van der Waals surface area (Å²) in [5, 5.41) is 7.66. The Morgan fingerprint density at radius 1 is 0.957 bits per heavy atom. The van der Waals surface area contributed by atoms with Gasteiger partial charge in [0.15, 0.2) is 5.69 Å². The molecule has 112 valence electrons. The molecular weight excluding hydrogens is 320 g/mol. The summed E-state index contributed by atoms with van der Waals surface area (Å²) in [6.45, 7) is 0. The van der Waals surface area contributed by atoms with Crippen LogP contribution >= 0.6 is 12.2 Å². The predicted octanol–water partition coefficient (Wildman–Crippen LogP) is 3.49. The van der Waals surface area contributed by atoms with Crippen LogP contribution in [-0.2, 0) is 0 Å². The number of halogens is 2. The molecule has 0 spiro atoms. The molecule has 0 aliphatic heterocycles. The van der Waals surface area contributed by atoms with E-state index in [0.717, 1.165) is 18.2 Å². The van der Waals surface area contributed by atoms with Crippen LogP contribution in [0.4, 0.5) is 8.78 Å². The fourth-order valence-electron chi connectivity index (χ4n) is 2.71. The Labute approximate surface area is 134 Å². The van der Waals surface area contributed by atoms with E-state index < -0.39 is 11.6 Å². The predicted molar refractivity (Wildman–Crippen MR) is 81.0 cm³/mol. The first-order valence-corrected chi connectivity index (χ1v) is 7.07. The molecule has 0 bridgehead atoms. The van der Waals surface area contributed by atoms with E-state index in [2.05, 4.69) is 10.2 Å². The lowest BCUT2D eigenvalue weighted by molar-refractivity contribution is 0.103. The normalized spacial score (nSPS) is 12.2. The number of aromatic nitrogens is 3. The smallest absolute Gasteiger partial charge is 0.225 e. The summed E-state index contributed by atoms with van der Waals surface area (Å²) in [6.07, 6.45) is 0. The van der Waals surface area contributed by atoms with Gasteiger partial charge in [0.2, 0.25) is 10.6 Å². The molecule has 1 aliphatic carbocycles. The maximum absolute atomic E-state index is 13.6. The van der Waals surface area contributed by atoms with Crippen molar-refractivity contribution >= 4 is 18.0 Å². The van der Waals surface area contributed by atoms with Crippen LogP contribution < -0.4 is 0 Å². The Hall–Kier alpha value is -2.80. The molecule has 0 saturated carbocycles. The van der Waals surface area contributed by atoms with Crippen molar-refractivity contribution in [2.45, 2.75) is 0 Å². The second-order valence-electron chi connectivity index (χ2n) is 5.02. The Bertz CT molecular complexity index is 1030. The van der Waals surface area contributed by atoms with Gasteiger partial charge in [-0.25, -0.2) is 8.78 Å². The van der Waals surface area contributed by atoms with E-state index in [4.69, 9.17) is 12.2 Å². The Balaban J connectivity index is 2.12. The summed E-state index contributed by atoms with van der Waals surface area (Å²) in [5.41, 5.74) is 1.74. The van der Waals surface area contributed by atoms with Crippen molar-refractivity contribution in [2.24, 2.45) is 0 Å². The summed E-state index contributed by atoms with van der Waals surface area (Å²) in [6, 6.07) is 9.93. The standard InChI is InChI=1S/C16H7F2N3OS/c17-8-5-9(18)7-10(6-8)21-14-11-3-1-2-4-12(11)15(22)13(14)19-20-16(21)23/h1-7H. The second kappa shape index (κ2) is 4.85. The van der Waals surface area contributed by atoms with Gasteiger partial charge in [-0.1, -0.05) is 24.3 Å². The quantitative estimate of drug-likeness (QED) is 0.502. The molecule has 0 unspecified atom stereocenters. The van der Waals surface area contributed by atoms with Gasteiger partial charge in [-0.3, -0.25) is 9.36 Å². The summed E-state index contributed by atoms with van der Waals surface area (Å²) in [5.74, 6) is -1.78. The minimum absolute atomic E-state index is 0.0123. The molecule has 0 saturated heterocycles. The highest BCUT2D eigenvalue weighted by molar-refractivity contribution is 7.71. The highest BCUT2D eigenvalue weighted by Crippen LogP contribution is 2.36. The summed E-state index contributed by atoms with van der Waals surface area (Å²) >= 11 is 5.16. The van der Waals surface area contributed by atoms with Crippen LogP contribution in [0, 0.1) is 16.4 Å². The van der Waals surface area contributed by atoms with E-state index in [9.17, 15) is 13.6 Å². The number of nitrogens with zero attached hydrogens (tertiary/aromatic N) is 3. The number of carbonyl (C=O) groups is 1. The van der Waals surface area contributed by atoms with Crippen molar-refractivity contribution < 1.29 is 13.6 Å². The van der Waals surface area contributed by atoms with Crippen LogP contribution in [0.3, 0.4) is 0 Å². The molecule has 0 N–H and O–H groups in total. The van der Waals surface area contributed by atoms with Crippen molar-refractivity contribution in [3.05, 3.63) is 70.1 Å². The van der Waals surface area contributed by atoms with Crippen molar-refractivity contribution in [2.75, 3.05) is 0 Å².